The van der Waals surface area contributed by atoms with E-state index in [1.54, 1.807) is 31.2 Å². The van der Waals surface area contributed by atoms with Gasteiger partial charge in [-0.25, -0.2) is 13.2 Å². The Morgan fingerprint density at radius 2 is 1.76 bits per heavy atom. The Kier molecular flexibility index (Phi) is 7.50. The van der Waals surface area contributed by atoms with Gasteiger partial charge in [0.15, 0.2) is 0 Å². The first kappa shape index (κ1) is 22.5. The second kappa shape index (κ2) is 9.65. The van der Waals surface area contributed by atoms with Crippen molar-refractivity contribution in [2.24, 2.45) is 0 Å². The van der Waals surface area contributed by atoms with Crippen LogP contribution in [0.5, 0.6) is 0 Å². The summed E-state index contributed by atoms with van der Waals surface area (Å²) in [6.07, 6.45) is -0.173. The van der Waals surface area contributed by atoms with Gasteiger partial charge in [0.25, 0.3) is 0 Å². The molecule has 1 unspecified atom stereocenters. The lowest BCUT2D eigenvalue weighted by Gasteiger charge is -2.22. The molecule has 8 heteroatoms. The van der Waals surface area contributed by atoms with Crippen molar-refractivity contribution in [2.45, 2.75) is 33.8 Å². The van der Waals surface area contributed by atoms with Crippen molar-refractivity contribution in [2.75, 3.05) is 34.3 Å². The van der Waals surface area contributed by atoms with Crippen molar-refractivity contribution < 1.29 is 17.9 Å². The molecule has 0 heterocycles. The average molecular weight is 420 g/mol. The fourth-order valence-corrected chi connectivity index (χ4v) is 3.67. The normalized spacial score (nSPS) is 12.2. The monoisotopic (exact) mass is 419 g/mol. The number of amides is 1. The molecule has 0 fully saturated rings. The molecule has 0 aliphatic carbocycles. The molecule has 2 aromatic carbocycles. The Morgan fingerprint density at radius 1 is 1.10 bits per heavy atom. The number of para-hydroxylation sites is 1. The summed E-state index contributed by atoms with van der Waals surface area (Å²) in [7, 11) is -3.44. The van der Waals surface area contributed by atoms with Gasteiger partial charge in [-0.2, -0.15) is 0 Å². The minimum Gasteiger partial charge on any atom is -0.441 e. The van der Waals surface area contributed by atoms with Crippen LogP contribution in [-0.4, -0.2) is 33.9 Å². The van der Waals surface area contributed by atoms with Crippen molar-refractivity contribution >= 4 is 33.2 Å². The zero-order valence-corrected chi connectivity index (χ0v) is 18.3. The minimum atomic E-state index is -3.44. The van der Waals surface area contributed by atoms with E-state index >= 15 is 0 Å². The first-order valence-electron chi connectivity index (χ1n) is 9.54. The highest BCUT2D eigenvalue weighted by Crippen LogP contribution is 2.27. The minimum absolute atomic E-state index is 0.384. The molecular weight excluding hydrogens is 390 g/mol. The maximum atomic E-state index is 12.4. The fourth-order valence-electron chi connectivity index (χ4n) is 3.08. The molecule has 7 nitrogen and oxygen atoms in total. The molecule has 0 bridgehead atoms. The molecular formula is C21H29N3O4S. The van der Waals surface area contributed by atoms with E-state index in [0.717, 1.165) is 30.6 Å². The third-order valence-corrected chi connectivity index (χ3v) is 5.14. The van der Waals surface area contributed by atoms with E-state index in [1.165, 1.54) is 0 Å². The first-order chi connectivity index (χ1) is 13.6. The molecule has 0 aromatic heterocycles. The van der Waals surface area contributed by atoms with Crippen molar-refractivity contribution in [3.05, 3.63) is 53.6 Å². The number of hydrogen-bond donors (Lipinski definition) is 2. The van der Waals surface area contributed by atoms with Crippen LogP contribution < -0.4 is 14.9 Å². The van der Waals surface area contributed by atoms with E-state index in [4.69, 9.17) is 4.74 Å². The topological polar surface area (TPSA) is 87.7 Å². The number of benzene rings is 2. The van der Waals surface area contributed by atoms with Crippen LogP contribution >= 0.6 is 0 Å². The Morgan fingerprint density at radius 3 is 2.34 bits per heavy atom. The average Bonchev–Trinajstić information content (AvgIpc) is 2.64. The summed E-state index contributed by atoms with van der Waals surface area (Å²) in [4.78, 5) is 14.6. The van der Waals surface area contributed by atoms with Crippen molar-refractivity contribution in [1.82, 2.24) is 0 Å². The number of nitrogens with one attached hydrogen (secondary N) is 2. The lowest BCUT2D eigenvalue weighted by Crippen LogP contribution is -2.22. The van der Waals surface area contributed by atoms with E-state index in [2.05, 4.69) is 28.8 Å². The number of anilines is 3. The van der Waals surface area contributed by atoms with E-state index in [0.29, 0.717) is 16.9 Å². The number of rotatable bonds is 8. The molecule has 0 aliphatic rings. The second-order valence-electron chi connectivity index (χ2n) is 6.81. The lowest BCUT2D eigenvalue weighted by atomic mass is 10.1. The molecule has 0 saturated heterocycles. The smallest absolute Gasteiger partial charge is 0.412 e. The molecule has 29 heavy (non-hydrogen) atoms. The summed E-state index contributed by atoms with van der Waals surface area (Å²) in [5.74, 6) is 0. The van der Waals surface area contributed by atoms with Crippen molar-refractivity contribution in [1.29, 1.82) is 0 Å². The van der Waals surface area contributed by atoms with Gasteiger partial charge in [0.1, 0.15) is 6.10 Å². The van der Waals surface area contributed by atoms with E-state index < -0.39 is 22.2 Å². The Bertz CT molecular complexity index is 956. The number of ether oxygens (including phenoxy) is 1. The molecule has 2 rings (SSSR count). The Hall–Kier alpha value is -2.74. The summed E-state index contributed by atoms with van der Waals surface area (Å²) >= 11 is 0. The molecule has 1 atom stereocenters. The van der Waals surface area contributed by atoms with Gasteiger partial charge in [-0.15, -0.1) is 0 Å². The van der Waals surface area contributed by atoms with E-state index in [-0.39, 0.29) is 0 Å². The van der Waals surface area contributed by atoms with Gasteiger partial charge in [0.05, 0.1) is 11.9 Å². The molecule has 2 aromatic rings. The summed E-state index contributed by atoms with van der Waals surface area (Å²) in [6.45, 7) is 9.63. The van der Waals surface area contributed by atoms with Gasteiger partial charge >= 0.3 is 6.09 Å². The molecule has 0 saturated carbocycles. The number of carbonyl (C=O) groups excluding carboxylic acids is 1. The number of hydrogen-bond acceptors (Lipinski definition) is 5. The maximum absolute atomic E-state index is 12.4. The Labute approximate surface area is 173 Å². The highest BCUT2D eigenvalue weighted by molar-refractivity contribution is 7.92. The lowest BCUT2D eigenvalue weighted by molar-refractivity contribution is 0.121. The zero-order chi connectivity index (χ0) is 21.6. The molecule has 1 amide bonds. The van der Waals surface area contributed by atoms with Crippen molar-refractivity contribution in [3.8, 4) is 0 Å². The quantitative estimate of drug-likeness (QED) is 0.657. The SMILES string of the molecule is CCN(CC)c1ccc(NC(=O)OC(C)c2ccccc2NS(C)(=O)=O)c(C)c1. The van der Waals surface area contributed by atoms with Crippen LogP contribution in [0, 0.1) is 6.92 Å². The van der Waals surface area contributed by atoms with Gasteiger partial charge in [-0.1, -0.05) is 18.2 Å². The predicted molar refractivity (Wildman–Crippen MR) is 118 cm³/mol. The third kappa shape index (κ3) is 6.39. The Balaban J connectivity index is 2.10. The highest BCUT2D eigenvalue weighted by Gasteiger charge is 2.17. The number of nitrogens with zero attached hydrogens (tertiary/aromatic N) is 1. The molecule has 2 N–H and O–H groups in total. The van der Waals surface area contributed by atoms with E-state index in [9.17, 15) is 13.2 Å². The third-order valence-electron chi connectivity index (χ3n) is 4.55. The summed E-state index contributed by atoms with van der Waals surface area (Å²) in [6, 6.07) is 12.7. The van der Waals surface area contributed by atoms with Crippen LogP contribution in [0.15, 0.2) is 42.5 Å². The molecule has 0 spiro atoms. The van der Waals surface area contributed by atoms with Crippen molar-refractivity contribution in [3.63, 3.8) is 0 Å². The van der Waals surface area contributed by atoms with Crippen LogP contribution in [0.2, 0.25) is 0 Å². The van der Waals surface area contributed by atoms with Gasteiger partial charge in [-0.05, 0) is 57.5 Å². The molecule has 0 radical (unpaired) electrons. The number of carbonyl (C=O) groups is 1. The number of sulfonamides is 1. The van der Waals surface area contributed by atoms with Crippen LogP contribution in [0.1, 0.15) is 38.0 Å². The fraction of sp³-hybridized carbons (Fsp3) is 0.381. The predicted octanol–water partition coefficient (Wildman–Crippen LogP) is 4.52. The van der Waals surface area contributed by atoms with Crippen LogP contribution in [0.4, 0.5) is 21.9 Å². The largest absolute Gasteiger partial charge is 0.441 e. The van der Waals surface area contributed by atoms with Gasteiger partial charge in [0, 0.05) is 30.0 Å². The summed E-state index contributed by atoms with van der Waals surface area (Å²) in [5, 5.41) is 2.76. The first-order valence-corrected chi connectivity index (χ1v) is 11.4. The number of aryl methyl sites for hydroxylation is 1. The zero-order valence-electron chi connectivity index (χ0n) is 17.5. The van der Waals surface area contributed by atoms with Crippen LogP contribution in [-0.2, 0) is 14.8 Å². The van der Waals surface area contributed by atoms with Crippen LogP contribution in [0.25, 0.3) is 0 Å². The standard InChI is InChI=1S/C21H29N3O4S/c1-6-24(7-2)17-12-13-19(15(3)14-17)22-21(25)28-16(4)18-10-8-9-11-20(18)23-29(5,26)27/h8-14,16,23H,6-7H2,1-5H3,(H,22,25). The second-order valence-corrected chi connectivity index (χ2v) is 8.55. The van der Waals surface area contributed by atoms with Gasteiger partial charge in [-0.3, -0.25) is 10.0 Å². The highest BCUT2D eigenvalue weighted by atomic mass is 32.2. The maximum Gasteiger partial charge on any atom is 0.412 e. The van der Waals surface area contributed by atoms with Gasteiger partial charge in [0.2, 0.25) is 10.0 Å². The summed E-state index contributed by atoms with van der Waals surface area (Å²) < 4.78 is 31.0. The molecule has 158 valence electrons. The summed E-state index contributed by atoms with van der Waals surface area (Å²) in [5.41, 5.74) is 3.65. The van der Waals surface area contributed by atoms with Crippen LogP contribution in [0.3, 0.4) is 0 Å². The molecule has 0 aliphatic heterocycles. The van der Waals surface area contributed by atoms with E-state index in [1.807, 2.05) is 25.1 Å². The van der Waals surface area contributed by atoms with Gasteiger partial charge < -0.3 is 9.64 Å².